The molecule has 2 rings (SSSR count). The van der Waals surface area contributed by atoms with Crippen molar-refractivity contribution in [1.29, 1.82) is 0 Å². The van der Waals surface area contributed by atoms with Gasteiger partial charge in [0.1, 0.15) is 11.5 Å². The van der Waals surface area contributed by atoms with Crippen molar-refractivity contribution in [2.45, 2.75) is 39.5 Å². The number of unbranched alkanes of at least 4 members (excludes halogenated alkanes) is 2. The van der Waals surface area contributed by atoms with E-state index in [1.54, 1.807) is 0 Å². The molecular formula is C21H27NO2. The van der Waals surface area contributed by atoms with Gasteiger partial charge in [0, 0.05) is 6.21 Å². The third kappa shape index (κ3) is 6.45. The Morgan fingerprint density at radius 1 is 0.750 bits per heavy atom. The summed E-state index contributed by atoms with van der Waals surface area (Å²) in [6.45, 7) is 5.86. The minimum absolute atomic E-state index is 0.770. The Morgan fingerprint density at radius 3 is 1.75 bits per heavy atom. The van der Waals surface area contributed by atoms with E-state index in [4.69, 9.17) is 9.47 Å². The summed E-state index contributed by atoms with van der Waals surface area (Å²) in [4.78, 5) is 4.50. The summed E-state index contributed by atoms with van der Waals surface area (Å²) in [6, 6.07) is 15.9. The molecular weight excluding hydrogens is 298 g/mol. The van der Waals surface area contributed by atoms with Crippen molar-refractivity contribution in [2.24, 2.45) is 4.99 Å². The van der Waals surface area contributed by atoms with Gasteiger partial charge >= 0.3 is 0 Å². The molecule has 0 atom stereocenters. The summed E-state index contributed by atoms with van der Waals surface area (Å²) in [5.74, 6) is 1.81. The normalized spacial score (nSPS) is 10.9. The fourth-order valence-corrected chi connectivity index (χ4v) is 2.10. The first-order valence-corrected chi connectivity index (χ1v) is 8.81. The molecule has 2 aromatic rings. The molecule has 3 nitrogen and oxygen atoms in total. The van der Waals surface area contributed by atoms with Crippen LogP contribution in [0, 0.1) is 0 Å². The van der Waals surface area contributed by atoms with E-state index in [0.717, 1.165) is 61.6 Å². The van der Waals surface area contributed by atoms with Gasteiger partial charge in [0.15, 0.2) is 0 Å². The topological polar surface area (TPSA) is 30.8 Å². The number of hydrogen-bond acceptors (Lipinski definition) is 3. The number of ether oxygens (including phenoxy) is 2. The van der Waals surface area contributed by atoms with Crippen LogP contribution in [0.1, 0.15) is 45.1 Å². The van der Waals surface area contributed by atoms with Crippen LogP contribution in [0.3, 0.4) is 0 Å². The number of nitrogens with zero attached hydrogens (tertiary/aromatic N) is 1. The number of aliphatic imine (C=N–C) groups is 1. The van der Waals surface area contributed by atoms with E-state index in [-0.39, 0.29) is 0 Å². The summed E-state index contributed by atoms with van der Waals surface area (Å²) < 4.78 is 11.3. The standard InChI is InChI=1S/C21H27NO2/c1-3-5-15-23-20-11-7-18(8-12-20)17-22-19-9-13-21(14-10-19)24-16-6-4-2/h7-14,17H,3-6,15-16H2,1-2H3. The molecule has 0 N–H and O–H groups in total. The molecule has 0 aliphatic heterocycles. The van der Waals surface area contributed by atoms with Crippen LogP contribution in [0.15, 0.2) is 53.5 Å². The second-order valence-corrected chi connectivity index (χ2v) is 5.73. The van der Waals surface area contributed by atoms with E-state index >= 15 is 0 Å². The first kappa shape index (κ1) is 18.1. The summed E-state index contributed by atoms with van der Waals surface area (Å²) >= 11 is 0. The second kappa shape index (κ2) is 10.5. The number of benzene rings is 2. The van der Waals surface area contributed by atoms with Crippen LogP contribution >= 0.6 is 0 Å². The molecule has 0 unspecified atom stereocenters. The van der Waals surface area contributed by atoms with Crippen molar-refractivity contribution in [3.8, 4) is 11.5 Å². The quantitative estimate of drug-likeness (QED) is 0.408. The molecule has 0 amide bonds. The fraction of sp³-hybridized carbons (Fsp3) is 0.381. The number of rotatable bonds is 10. The summed E-state index contributed by atoms with van der Waals surface area (Å²) in [5, 5.41) is 0. The molecule has 0 aliphatic rings. The van der Waals surface area contributed by atoms with Gasteiger partial charge in [0.05, 0.1) is 18.9 Å². The highest BCUT2D eigenvalue weighted by atomic mass is 16.5. The van der Waals surface area contributed by atoms with Gasteiger partial charge < -0.3 is 9.47 Å². The minimum Gasteiger partial charge on any atom is -0.494 e. The van der Waals surface area contributed by atoms with Crippen LogP contribution in [-0.4, -0.2) is 19.4 Å². The first-order valence-electron chi connectivity index (χ1n) is 8.81. The van der Waals surface area contributed by atoms with Crippen molar-refractivity contribution >= 4 is 11.9 Å². The lowest BCUT2D eigenvalue weighted by molar-refractivity contribution is 0.309. The van der Waals surface area contributed by atoms with Crippen molar-refractivity contribution in [3.63, 3.8) is 0 Å². The Kier molecular flexibility index (Phi) is 7.88. The molecule has 128 valence electrons. The summed E-state index contributed by atoms with van der Waals surface area (Å²) in [5.41, 5.74) is 1.97. The molecule has 0 fully saturated rings. The highest BCUT2D eigenvalue weighted by Gasteiger charge is 1.96. The average molecular weight is 325 g/mol. The lowest BCUT2D eigenvalue weighted by atomic mass is 10.2. The lowest BCUT2D eigenvalue weighted by Gasteiger charge is -2.05. The molecule has 0 radical (unpaired) electrons. The molecule has 0 saturated carbocycles. The smallest absolute Gasteiger partial charge is 0.119 e. The summed E-state index contributed by atoms with van der Waals surface area (Å²) in [7, 11) is 0. The maximum atomic E-state index is 5.66. The zero-order chi connectivity index (χ0) is 17.0. The maximum Gasteiger partial charge on any atom is 0.119 e. The van der Waals surface area contributed by atoms with Gasteiger partial charge in [-0.3, -0.25) is 4.99 Å². The van der Waals surface area contributed by atoms with Crippen molar-refractivity contribution in [2.75, 3.05) is 13.2 Å². The molecule has 0 aromatic heterocycles. The van der Waals surface area contributed by atoms with Gasteiger partial charge in [-0.25, -0.2) is 0 Å². The SMILES string of the molecule is CCCCOc1ccc(C=Nc2ccc(OCCCC)cc2)cc1. The Bertz CT molecular complexity index is 547. The fourth-order valence-electron chi connectivity index (χ4n) is 2.10. The molecule has 2 aromatic carbocycles. The summed E-state index contributed by atoms with van der Waals surface area (Å²) in [6.07, 6.45) is 6.32. The Balaban J connectivity index is 1.86. The van der Waals surface area contributed by atoms with E-state index in [1.165, 1.54) is 0 Å². The zero-order valence-electron chi connectivity index (χ0n) is 14.7. The van der Waals surface area contributed by atoms with Gasteiger partial charge in [-0.05, 0) is 66.9 Å². The van der Waals surface area contributed by atoms with Crippen LogP contribution in [0.25, 0.3) is 0 Å². The molecule has 0 aliphatic carbocycles. The van der Waals surface area contributed by atoms with Gasteiger partial charge in [0.2, 0.25) is 0 Å². The largest absolute Gasteiger partial charge is 0.494 e. The van der Waals surface area contributed by atoms with Gasteiger partial charge in [-0.2, -0.15) is 0 Å². The van der Waals surface area contributed by atoms with Gasteiger partial charge in [-0.15, -0.1) is 0 Å². The molecule has 0 heterocycles. The van der Waals surface area contributed by atoms with Gasteiger partial charge in [0.25, 0.3) is 0 Å². The minimum atomic E-state index is 0.770. The van der Waals surface area contributed by atoms with Crippen LogP contribution in [0.4, 0.5) is 5.69 Å². The molecule has 0 saturated heterocycles. The second-order valence-electron chi connectivity index (χ2n) is 5.73. The van der Waals surface area contributed by atoms with Gasteiger partial charge in [-0.1, -0.05) is 26.7 Å². The van der Waals surface area contributed by atoms with Crippen LogP contribution in [0.5, 0.6) is 11.5 Å². The lowest BCUT2D eigenvalue weighted by Crippen LogP contribution is -1.96. The van der Waals surface area contributed by atoms with Crippen LogP contribution in [0.2, 0.25) is 0 Å². The Morgan fingerprint density at radius 2 is 1.25 bits per heavy atom. The maximum absolute atomic E-state index is 5.66. The molecule has 0 bridgehead atoms. The average Bonchev–Trinajstić information content (AvgIpc) is 2.63. The Labute approximate surface area is 145 Å². The first-order chi connectivity index (χ1) is 11.8. The van der Waals surface area contributed by atoms with E-state index < -0.39 is 0 Å². The zero-order valence-corrected chi connectivity index (χ0v) is 14.7. The van der Waals surface area contributed by atoms with Crippen molar-refractivity contribution in [3.05, 3.63) is 54.1 Å². The van der Waals surface area contributed by atoms with Crippen LogP contribution in [-0.2, 0) is 0 Å². The number of hydrogen-bond donors (Lipinski definition) is 0. The highest BCUT2D eigenvalue weighted by Crippen LogP contribution is 2.19. The van der Waals surface area contributed by atoms with Crippen LogP contribution < -0.4 is 9.47 Å². The monoisotopic (exact) mass is 325 g/mol. The van der Waals surface area contributed by atoms with E-state index in [1.807, 2.05) is 54.7 Å². The third-order valence-electron chi connectivity index (χ3n) is 3.61. The molecule has 3 heteroatoms. The Hall–Kier alpha value is -2.29. The van der Waals surface area contributed by atoms with Crippen molar-refractivity contribution in [1.82, 2.24) is 0 Å². The van der Waals surface area contributed by atoms with Crippen molar-refractivity contribution < 1.29 is 9.47 Å². The predicted octanol–water partition coefficient (Wildman–Crippen LogP) is 5.80. The third-order valence-corrected chi connectivity index (χ3v) is 3.61. The van der Waals surface area contributed by atoms with E-state index in [9.17, 15) is 0 Å². The highest BCUT2D eigenvalue weighted by molar-refractivity contribution is 5.82. The predicted molar refractivity (Wildman–Crippen MR) is 101 cm³/mol. The molecule has 24 heavy (non-hydrogen) atoms. The molecule has 0 spiro atoms. The van der Waals surface area contributed by atoms with E-state index in [0.29, 0.717) is 0 Å². The van der Waals surface area contributed by atoms with E-state index in [2.05, 4.69) is 18.8 Å².